The molecular formula is C11H21N3S. The Morgan fingerprint density at radius 3 is 3.07 bits per heavy atom. The Hall–Kier alpha value is -0.480. The van der Waals surface area contributed by atoms with E-state index in [9.17, 15) is 0 Å². The summed E-state index contributed by atoms with van der Waals surface area (Å²) in [6, 6.07) is 0. The van der Waals surface area contributed by atoms with Crippen LogP contribution in [0.5, 0.6) is 0 Å². The smallest absolute Gasteiger partial charge is 0.122 e. The molecule has 1 N–H and O–H groups in total. The Morgan fingerprint density at radius 2 is 2.40 bits per heavy atom. The summed E-state index contributed by atoms with van der Waals surface area (Å²) in [7, 11) is 0. The Morgan fingerprint density at radius 1 is 1.60 bits per heavy atom. The molecule has 0 amide bonds. The maximum absolute atomic E-state index is 4.35. The minimum absolute atomic E-state index is 0.666. The summed E-state index contributed by atoms with van der Waals surface area (Å²) in [6.45, 7) is 7.40. The van der Waals surface area contributed by atoms with Crippen molar-refractivity contribution in [2.24, 2.45) is 0 Å². The summed E-state index contributed by atoms with van der Waals surface area (Å²) in [5.41, 5.74) is 0. The SMILES string of the molecule is CCCn1ccnc1CNCC(C)SC. The Balaban J connectivity index is 2.33. The number of thioether (sulfide) groups is 1. The maximum Gasteiger partial charge on any atom is 0.122 e. The van der Waals surface area contributed by atoms with Crippen LogP contribution in [0.4, 0.5) is 0 Å². The van der Waals surface area contributed by atoms with Gasteiger partial charge in [0.15, 0.2) is 0 Å². The summed E-state index contributed by atoms with van der Waals surface area (Å²) in [4.78, 5) is 4.35. The van der Waals surface area contributed by atoms with E-state index in [0.29, 0.717) is 5.25 Å². The van der Waals surface area contributed by atoms with Crippen molar-refractivity contribution in [2.45, 2.75) is 38.6 Å². The molecule has 0 aliphatic carbocycles. The van der Waals surface area contributed by atoms with Gasteiger partial charge in [0.05, 0.1) is 6.54 Å². The van der Waals surface area contributed by atoms with Crippen molar-refractivity contribution in [3.8, 4) is 0 Å². The van der Waals surface area contributed by atoms with Crippen LogP contribution in [0.15, 0.2) is 12.4 Å². The molecule has 1 aromatic rings. The van der Waals surface area contributed by atoms with Crippen LogP contribution in [0, 0.1) is 0 Å². The van der Waals surface area contributed by atoms with Crippen molar-refractivity contribution in [3.05, 3.63) is 18.2 Å². The van der Waals surface area contributed by atoms with Gasteiger partial charge in [-0.15, -0.1) is 0 Å². The first-order chi connectivity index (χ1) is 7.27. The largest absolute Gasteiger partial charge is 0.334 e. The summed E-state index contributed by atoms with van der Waals surface area (Å²) < 4.78 is 2.22. The zero-order valence-corrected chi connectivity index (χ0v) is 10.7. The molecule has 4 heteroatoms. The van der Waals surface area contributed by atoms with Gasteiger partial charge in [0.25, 0.3) is 0 Å². The molecule has 0 aromatic carbocycles. The second-order valence-corrected chi connectivity index (χ2v) is 4.99. The Bertz CT molecular complexity index is 273. The normalized spacial score (nSPS) is 13.0. The first-order valence-corrected chi connectivity index (χ1v) is 6.80. The molecule has 0 saturated heterocycles. The molecule has 0 bridgehead atoms. The van der Waals surface area contributed by atoms with Gasteiger partial charge in [-0.1, -0.05) is 13.8 Å². The van der Waals surface area contributed by atoms with Crippen LogP contribution in [-0.4, -0.2) is 27.6 Å². The number of hydrogen-bond acceptors (Lipinski definition) is 3. The van der Waals surface area contributed by atoms with Crippen molar-refractivity contribution in [1.29, 1.82) is 0 Å². The van der Waals surface area contributed by atoms with Crippen molar-refractivity contribution in [1.82, 2.24) is 14.9 Å². The number of imidazole rings is 1. The molecule has 86 valence electrons. The molecule has 15 heavy (non-hydrogen) atoms. The highest BCUT2D eigenvalue weighted by atomic mass is 32.2. The van der Waals surface area contributed by atoms with Crippen molar-refractivity contribution >= 4 is 11.8 Å². The second kappa shape index (κ2) is 6.90. The van der Waals surface area contributed by atoms with Gasteiger partial charge >= 0.3 is 0 Å². The van der Waals surface area contributed by atoms with Gasteiger partial charge < -0.3 is 9.88 Å². The van der Waals surface area contributed by atoms with Gasteiger partial charge in [-0.2, -0.15) is 11.8 Å². The molecule has 0 aliphatic heterocycles. The Kier molecular flexibility index (Phi) is 5.79. The van der Waals surface area contributed by atoms with Crippen LogP contribution in [-0.2, 0) is 13.1 Å². The fourth-order valence-electron chi connectivity index (χ4n) is 1.42. The minimum atomic E-state index is 0.666. The summed E-state index contributed by atoms with van der Waals surface area (Å²) >= 11 is 1.89. The molecule has 1 heterocycles. The minimum Gasteiger partial charge on any atom is -0.334 e. The lowest BCUT2D eigenvalue weighted by atomic mass is 10.4. The van der Waals surface area contributed by atoms with Crippen molar-refractivity contribution < 1.29 is 0 Å². The van der Waals surface area contributed by atoms with Crippen molar-refractivity contribution in [2.75, 3.05) is 12.8 Å². The van der Waals surface area contributed by atoms with Crippen LogP contribution in [0.1, 0.15) is 26.1 Å². The fourth-order valence-corrected chi connectivity index (χ4v) is 1.71. The van der Waals surface area contributed by atoms with Crippen LogP contribution in [0.25, 0.3) is 0 Å². The van der Waals surface area contributed by atoms with Crippen LogP contribution in [0.3, 0.4) is 0 Å². The first-order valence-electron chi connectivity index (χ1n) is 5.51. The van der Waals surface area contributed by atoms with E-state index in [-0.39, 0.29) is 0 Å². The van der Waals surface area contributed by atoms with E-state index >= 15 is 0 Å². The lowest BCUT2D eigenvalue weighted by molar-refractivity contribution is 0.589. The van der Waals surface area contributed by atoms with E-state index < -0.39 is 0 Å². The zero-order chi connectivity index (χ0) is 11.1. The predicted molar refractivity (Wildman–Crippen MR) is 67.2 cm³/mol. The molecule has 0 radical (unpaired) electrons. The quantitative estimate of drug-likeness (QED) is 0.774. The monoisotopic (exact) mass is 227 g/mol. The third-order valence-electron chi connectivity index (χ3n) is 2.38. The molecule has 1 rings (SSSR count). The molecule has 3 nitrogen and oxygen atoms in total. The zero-order valence-electron chi connectivity index (χ0n) is 9.86. The number of aryl methyl sites for hydroxylation is 1. The number of nitrogens with zero attached hydrogens (tertiary/aromatic N) is 2. The highest BCUT2D eigenvalue weighted by molar-refractivity contribution is 7.99. The number of aromatic nitrogens is 2. The summed E-state index contributed by atoms with van der Waals surface area (Å²) in [5, 5.41) is 4.10. The maximum atomic E-state index is 4.35. The lowest BCUT2D eigenvalue weighted by Crippen LogP contribution is -2.23. The molecule has 1 atom stereocenters. The van der Waals surface area contributed by atoms with E-state index in [1.54, 1.807) is 0 Å². The van der Waals surface area contributed by atoms with Crippen LogP contribution >= 0.6 is 11.8 Å². The third-order valence-corrected chi connectivity index (χ3v) is 3.35. The second-order valence-electron chi connectivity index (χ2n) is 3.71. The van der Waals surface area contributed by atoms with Crippen LogP contribution in [0.2, 0.25) is 0 Å². The lowest BCUT2D eigenvalue weighted by Gasteiger charge is -2.10. The average molecular weight is 227 g/mol. The molecule has 0 fully saturated rings. The van der Waals surface area contributed by atoms with Gasteiger partial charge in [-0.25, -0.2) is 4.98 Å². The van der Waals surface area contributed by atoms with E-state index in [2.05, 4.69) is 41.2 Å². The topological polar surface area (TPSA) is 29.9 Å². The summed E-state index contributed by atoms with van der Waals surface area (Å²) in [5.74, 6) is 1.14. The van der Waals surface area contributed by atoms with E-state index in [1.807, 2.05) is 18.0 Å². The average Bonchev–Trinajstić information content (AvgIpc) is 2.66. The number of nitrogens with one attached hydrogen (secondary N) is 1. The Labute approximate surface area is 96.7 Å². The number of hydrogen-bond donors (Lipinski definition) is 1. The predicted octanol–water partition coefficient (Wildman–Crippen LogP) is 2.13. The van der Waals surface area contributed by atoms with E-state index in [0.717, 1.165) is 31.9 Å². The molecule has 0 saturated carbocycles. The van der Waals surface area contributed by atoms with Gasteiger partial charge in [-0.3, -0.25) is 0 Å². The van der Waals surface area contributed by atoms with Gasteiger partial charge in [0, 0.05) is 30.7 Å². The molecule has 1 unspecified atom stereocenters. The molecular weight excluding hydrogens is 206 g/mol. The van der Waals surface area contributed by atoms with E-state index in [1.165, 1.54) is 0 Å². The van der Waals surface area contributed by atoms with Crippen molar-refractivity contribution in [3.63, 3.8) is 0 Å². The third kappa shape index (κ3) is 4.26. The fraction of sp³-hybridized carbons (Fsp3) is 0.727. The molecule has 1 aromatic heterocycles. The van der Waals surface area contributed by atoms with Crippen LogP contribution < -0.4 is 5.32 Å². The highest BCUT2D eigenvalue weighted by Crippen LogP contribution is 2.03. The van der Waals surface area contributed by atoms with Gasteiger partial charge in [0.1, 0.15) is 5.82 Å². The number of rotatable bonds is 7. The van der Waals surface area contributed by atoms with Gasteiger partial charge in [0.2, 0.25) is 0 Å². The van der Waals surface area contributed by atoms with Gasteiger partial charge in [-0.05, 0) is 12.7 Å². The first kappa shape index (κ1) is 12.6. The molecule has 0 spiro atoms. The van der Waals surface area contributed by atoms with E-state index in [4.69, 9.17) is 0 Å². The standard InChI is InChI=1S/C11H21N3S/c1-4-6-14-7-5-13-11(14)9-12-8-10(2)15-3/h5,7,10,12H,4,6,8-9H2,1-3H3. The molecule has 0 aliphatic rings. The summed E-state index contributed by atoms with van der Waals surface area (Å²) in [6.07, 6.45) is 7.23. The highest BCUT2D eigenvalue weighted by Gasteiger charge is 2.02.